The van der Waals surface area contributed by atoms with Crippen molar-refractivity contribution >= 4 is 39.9 Å². The van der Waals surface area contributed by atoms with E-state index in [9.17, 15) is 4.79 Å². The summed E-state index contributed by atoms with van der Waals surface area (Å²) in [6.07, 6.45) is 5.91. The van der Waals surface area contributed by atoms with Gasteiger partial charge in [-0.05, 0) is 41.3 Å². The monoisotopic (exact) mass is 451 g/mol. The Morgan fingerprint density at radius 2 is 1.84 bits per heavy atom. The molecule has 5 nitrogen and oxygen atoms in total. The van der Waals surface area contributed by atoms with Crippen molar-refractivity contribution in [2.24, 2.45) is 0 Å². The molecule has 4 rings (SSSR count). The van der Waals surface area contributed by atoms with Crippen molar-refractivity contribution < 1.29 is 9.53 Å². The second-order valence-corrected chi connectivity index (χ2v) is 7.71. The fourth-order valence-corrected chi connectivity index (χ4v) is 3.84. The van der Waals surface area contributed by atoms with Gasteiger partial charge in [-0.1, -0.05) is 47.5 Å². The zero-order valence-corrected chi connectivity index (χ0v) is 18.0. The van der Waals surface area contributed by atoms with Crippen LogP contribution < -0.4 is 10.1 Å². The van der Waals surface area contributed by atoms with Crippen LogP contribution in [-0.2, 0) is 13.0 Å². The number of pyridine rings is 2. The minimum Gasteiger partial charge on any atom is -0.486 e. The number of carbonyl (C=O) groups excluding carboxylic acids is 1. The summed E-state index contributed by atoms with van der Waals surface area (Å²) in [5, 5.41) is 5.50. The van der Waals surface area contributed by atoms with E-state index in [1.54, 1.807) is 30.7 Å². The summed E-state index contributed by atoms with van der Waals surface area (Å²) in [6, 6.07) is 16.7. The molecule has 1 N–H and O–H groups in total. The SMILES string of the molecule is O=C(NCCc1ccccn1)c1cc(Cl)c(OCc2cccc3cnccc23)c(Cl)c1. The highest BCUT2D eigenvalue weighted by atomic mass is 35.5. The molecule has 2 aromatic carbocycles. The smallest absolute Gasteiger partial charge is 0.251 e. The molecule has 0 bridgehead atoms. The maximum atomic E-state index is 12.5. The molecule has 0 radical (unpaired) electrons. The lowest BCUT2D eigenvalue weighted by Gasteiger charge is -2.13. The predicted octanol–water partition coefficient (Wildman–Crippen LogP) is 5.49. The van der Waals surface area contributed by atoms with E-state index in [1.165, 1.54) is 0 Å². The van der Waals surface area contributed by atoms with Crippen LogP contribution in [0.5, 0.6) is 5.75 Å². The van der Waals surface area contributed by atoms with Crippen LogP contribution in [0, 0.1) is 0 Å². The molecule has 156 valence electrons. The van der Waals surface area contributed by atoms with Crippen molar-refractivity contribution in [3.05, 3.63) is 100 Å². The van der Waals surface area contributed by atoms with Crippen LogP contribution in [0.3, 0.4) is 0 Å². The molecule has 0 aliphatic rings. The van der Waals surface area contributed by atoms with E-state index < -0.39 is 0 Å². The summed E-state index contributed by atoms with van der Waals surface area (Å²) in [4.78, 5) is 20.9. The van der Waals surface area contributed by atoms with Crippen molar-refractivity contribution in [1.29, 1.82) is 0 Å². The summed E-state index contributed by atoms with van der Waals surface area (Å²) in [5.41, 5.74) is 2.27. The first-order valence-electron chi connectivity index (χ1n) is 9.73. The van der Waals surface area contributed by atoms with E-state index in [1.807, 2.05) is 42.5 Å². The van der Waals surface area contributed by atoms with E-state index >= 15 is 0 Å². The Bertz CT molecular complexity index is 1190. The first-order chi connectivity index (χ1) is 15.1. The lowest BCUT2D eigenvalue weighted by Crippen LogP contribution is -2.25. The number of benzene rings is 2. The maximum Gasteiger partial charge on any atom is 0.251 e. The molecule has 0 aliphatic heterocycles. The number of ether oxygens (including phenoxy) is 1. The van der Waals surface area contributed by atoms with Crippen molar-refractivity contribution in [3.63, 3.8) is 0 Å². The van der Waals surface area contributed by atoms with Gasteiger partial charge in [0.05, 0.1) is 10.0 Å². The van der Waals surface area contributed by atoms with Crippen molar-refractivity contribution in [2.75, 3.05) is 6.54 Å². The van der Waals surface area contributed by atoms with Gasteiger partial charge in [-0.2, -0.15) is 0 Å². The van der Waals surface area contributed by atoms with E-state index in [-0.39, 0.29) is 22.6 Å². The molecule has 31 heavy (non-hydrogen) atoms. The van der Waals surface area contributed by atoms with Gasteiger partial charge in [-0.25, -0.2) is 0 Å². The van der Waals surface area contributed by atoms with Crippen molar-refractivity contribution in [1.82, 2.24) is 15.3 Å². The number of amides is 1. The van der Waals surface area contributed by atoms with Crippen LogP contribution in [0.2, 0.25) is 10.0 Å². The molecule has 4 aromatic rings. The van der Waals surface area contributed by atoms with Gasteiger partial charge in [-0.15, -0.1) is 0 Å². The highest BCUT2D eigenvalue weighted by Crippen LogP contribution is 2.35. The Kier molecular flexibility index (Phi) is 6.65. The normalized spacial score (nSPS) is 10.8. The number of hydrogen-bond acceptors (Lipinski definition) is 4. The highest BCUT2D eigenvalue weighted by Gasteiger charge is 2.15. The third-order valence-corrected chi connectivity index (χ3v) is 5.36. The number of fused-ring (bicyclic) bond motifs is 1. The summed E-state index contributed by atoms with van der Waals surface area (Å²) in [7, 11) is 0. The molecule has 0 saturated carbocycles. The molecule has 0 spiro atoms. The van der Waals surface area contributed by atoms with Gasteiger partial charge in [0.15, 0.2) is 5.75 Å². The second-order valence-electron chi connectivity index (χ2n) is 6.90. The molecule has 2 aromatic heterocycles. The second kappa shape index (κ2) is 9.77. The summed E-state index contributed by atoms with van der Waals surface area (Å²) in [5.74, 6) is 0.0901. The molecular formula is C24H19Cl2N3O2. The van der Waals surface area contributed by atoms with Gasteiger partial charge >= 0.3 is 0 Å². The van der Waals surface area contributed by atoms with Crippen LogP contribution in [0.25, 0.3) is 10.8 Å². The zero-order valence-electron chi connectivity index (χ0n) is 16.5. The van der Waals surface area contributed by atoms with Crippen LogP contribution in [-0.4, -0.2) is 22.4 Å². The van der Waals surface area contributed by atoms with Crippen LogP contribution in [0.1, 0.15) is 21.6 Å². The summed E-state index contributed by atoms with van der Waals surface area (Å²) in [6.45, 7) is 0.746. The van der Waals surface area contributed by atoms with E-state index in [2.05, 4.69) is 15.3 Å². The fraction of sp³-hybridized carbons (Fsp3) is 0.125. The Morgan fingerprint density at radius 1 is 1.00 bits per heavy atom. The Hall–Kier alpha value is -3.15. The van der Waals surface area contributed by atoms with Gasteiger partial charge in [-0.3, -0.25) is 14.8 Å². The number of nitrogens with zero attached hydrogens (tertiary/aromatic N) is 2. The summed E-state index contributed by atoms with van der Waals surface area (Å²) >= 11 is 12.8. The minimum absolute atomic E-state index is 0.257. The third-order valence-electron chi connectivity index (χ3n) is 4.80. The Morgan fingerprint density at radius 3 is 2.61 bits per heavy atom. The third kappa shape index (κ3) is 5.13. The molecule has 0 saturated heterocycles. The largest absolute Gasteiger partial charge is 0.486 e. The molecular weight excluding hydrogens is 433 g/mol. The molecule has 1 amide bonds. The average molecular weight is 452 g/mol. The summed E-state index contributed by atoms with van der Waals surface area (Å²) < 4.78 is 5.91. The number of nitrogens with one attached hydrogen (secondary N) is 1. The highest BCUT2D eigenvalue weighted by molar-refractivity contribution is 6.37. The lowest BCUT2D eigenvalue weighted by molar-refractivity contribution is 0.0954. The molecule has 0 atom stereocenters. The molecule has 0 fully saturated rings. The van der Waals surface area contributed by atoms with Gasteiger partial charge in [0.25, 0.3) is 5.91 Å². The lowest BCUT2D eigenvalue weighted by atomic mass is 10.1. The first-order valence-corrected chi connectivity index (χ1v) is 10.5. The van der Waals surface area contributed by atoms with Crippen molar-refractivity contribution in [2.45, 2.75) is 13.0 Å². The van der Waals surface area contributed by atoms with Gasteiger partial charge in [0.2, 0.25) is 0 Å². The van der Waals surface area contributed by atoms with Gasteiger partial charge in [0.1, 0.15) is 6.61 Å². The van der Waals surface area contributed by atoms with E-state index in [0.29, 0.717) is 24.3 Å². The number of carbonyl (C=O) groups is 1. The van der Waals surface area contributed by atoms with Crippen LogP contribution in [0.15, 0.2) is 73.2 Å². The molecule has 0 aliphatic carbocycles. The number of halogens is 2. The zero-order chi connectivity index (χ0) is 21.6. The standard InChI is InChI=1S/C24H19Cl2N3O2/c25-21-12-18(24(30)29-11-7-19-6-1-2-9-28-19)13-22(26)23(21)31-15-17-5-3-4-16-14-27-10-8-20(16)17/h1-6,8-10,12-14H,7,11,15H2,(H,29,30). The van der Waals surface area contributed by atoms with Crippen LogP contribution >= 0.6 is 23.2 Å². The average Bonchev–Trinajstić information content (AvgIpc) is 2.79. The number of aromatic nitrogens is 2. The Labute approximate surface area is 190 Å². The minimum atomic E-state index is -0.257. The molecule has 2 heterocycles. The Balaban J connectivity index is 1.42. The number of hydrogen-bond donors (Lipinski definition) is 1. The molecule has 7 heteroatoms. The quantitative estimate of drug-likeness (QED) is 0.403. The van der Waals surface area contributed by atoms with Gasteiger partial charge in [0, 0.05) is 48.2 Å². The van der Waals surface area contributed by atoms with E-state index in [0.717, 1.165) is 22.0 Å². The molecule has 0 unspecified atom stereocenters. The number of rotatable bonds is 7. The van der Waals surface area contributed by atoms with E-state index in [4.69, 9.17) is 27.9 Å². The maximum absolute atomic E-state index is 12.5. The first kappa shape index (κ1) is 21.1. The van der Waals surface area contributed by atoms with Gasteiger partial charge < -0.3 is 10.1 Å². The van der Waals surface area contributed by atoms with Crippen LogP contribution in [0.4, 0.5) is 0 Å². The van der Waals surface area contributed by atoms with Crippen molar-refractivity contribution in [3.8, 4) is 5.75 Å². The fourth-order valence-electron chi connectivity index (χ4n) is 3.25. The topological polar surface area (TPSA) is 64.1 Å². The predicted molar refractivity (Wildman–Crippen MR) is 123 cm³/mol.